The van der Waals surface area contributed by atoms with Crippen LogP contribution in [0, 0.1) is 0 Å². The zero-order valence-electron chi connectivity index (χ0n) is 10.8. The summed E-state index contributed by atoms with van der Waals surface area (Å²) in [6.45, 7) is 4.00. The standard InChI is InChI=1S/C16H10.C2H6.7CH4/c1-2-8-13-12(7-1)14-9-3-5-11-6-4-10-15(13)16(11)14;1-2;;;;;;;/h1-10H;1-2H3;7*1H4. The quantitative estimate of drug-likeness (QED) is 0.297. The van der Waals surface area contributed by atoms with Gasteiger partial charge >= 0.3 is 0 Å². The lowest BCUT2D eigenvalue weighted by molar-refractivity contribution is 1.50. The molecule has 0 heterocycles. The monoisotopic (exact) mass is 344 g/mol. The molecule has 0 saturated carbocycles. The van der Waals surface area contributed by atoms with E-state index in [2.05, 4.69) is 60.7 Å². The van der Waals surface area contributed by atoms with Crippen molar-refractivity contribution in [1.29, 1.82) is 0 Å². The van der Waals surface area contributed by atoms with E-state index in [0.29, 0.717) is 0 Å². The molecule has 0 bridgehead atoms. The first-order chi connectivity index (χ1) is 8.95. The summed E-state index contributed by atoms with van der Waals surface area (Å²) in [5.41, 5.74) is 5.50. The number of benzene rings is 3. The summed E-state index contributed by atoms with van der Waals surface area (Å²) in [5.74, 6) is 0. The van der Waals surface area contributed by atoms with Gasteiger partial charge in [0.15, 0.2) is 0 Å². The minimum Gasteiger partial charge on any atom is -0.0776 e. The summed E-state index contributed by atoms with van der Waals surface area (Å²) in [4.78, 5) is 0. The predicted octanol–water partition coefficient (Wildman–Crippen LogP) is 9.97. The van der Waals surface area contributed by atoms with Gasteiger partial charge in [-0.15, -0.1) is 0 Å². The Morgan fingerprint density at radius 1 is 0.400 bits per heavy atom. The Hall–Kier alpha value is -2.08. The summed E-state index contributed by atoms with van der Waals surface area (Å²) in [5, 5.41) is 2.75. The van der Waals surface area contributed by atoms with E-state index in [9.17, 15) is 0 Å². The van der Waals surface area contributed by atoms with E-state index in [4.69, 9.17) is 0 Å². The van der Waals surface area contributed by atoms with Crippen molar-refractivity contribution in [2.24, 2.45) is 0 Å². The first-order valence-electron chi connectivity index (χ1n) is 6.57. The van der Waals surface area contributed by atoms with E-state index >= 15 is 0 Å². The zero-order chi connectivity index (χ0) is 12.5. The molecule has 0 unspecified atom stereocenters. The number of fused-ring (bicyclic) bond motifs is 3. The van der Waals surface area contributed by atoms with Crippen LogP contribution in [0.15, 0.2) is 60.7 Å². The molecule has 4 rings (SSSR count). The number of rotatable bonds is 0. The lowest BCUT2D eigenvalue weighted by Crippen LogP contribution is -1.73. The van der Waals surface area contributed by atoms with Gasteiger partial charge in [0.1, 0.15) is 0 Å². The fourth-order valence-electron chi connectivity index (χ4n) is 2.74. The number of hydrogen-bond acceptors (Lipinski definition) is 0. The fraction of sp³-hybridized carbons (Fsp3) is 0.360. The highest BCUT2D eigenvalue weighted by atomic mass is 14.2. The van der Waals surface area contributed by atoms with Gasteiger partial charge in [0.25, 0.3) is 0 Å². The van der Waals surface area contributed by atoms with Crippen LogP contribution in [0.2, 0.25) is 0 Å². The minimum atomic E-state index is 0. The Kier molecular flexibility index (Phi) is 19.6. The topological polar surface area (TPSA) is 0 Å². The van der Waals surface area contributed by atoms with Gasteiger partial charge < -0.3 is 0 Å². The predicted molar refractivity (Wildman–Crippen MR) is 127 cm³/mol. The second-order valence-electron chi connectivity index (χ2n) is 4.25. The highest BCUT2D eigenvalue weighted by molar-refractivity contribution is 6.15. The maximum Gasteiger partial charge on any atom is -0.00264 e. The average Bonchev–Trinajstić information content (AvgIpc) is 2.79. The molecule has 0 nitrogen and oxygen atoms in total. The lowest BCUT2D eigenvalue weighted by atomic mass is 10.0. The van der Waals surface area contributed by atoms with Gasteiger partial charge in [-0.1, -0.05) is 126 Å². The highest BCUT2D eigenvalue weighted by Gasteiger charge is 2.19. The first-order valence-corrected chi connectivity index (χ1v) is 6.57. The summed E-state index contributed by atoms with van der Waals surface area (Å²) < 4.78 is 0. The van der Waals surface area contributed by atoms with Crippen LogP contribution in [0.25, 0.3) is 33.0 Å². The molecular weight excluding hydrogens is 300 g/mol. The Morgan fingerprint density at radius 3 is 1.08 bits per heavy atom. The van der Waals surface area contributed by atoms with Crippen LogP contribution in [-0.4, -0.2) is 0 Å². The summed E-state index contributed by atoms with van der Waals surface area (Å²) in [6.07, 6.45) is 0. The third kappa shape index (κ3) is 5.19. The lowest BCUT2D eigenvalue weighted by Gasteiger charge is -2.00. The molecule has 0 saturated heterocycles. The van der Waals surface area contributed by atoms with E-state index in [0.717, 1.165) is 0 Å². The first kappa shape index (κ1) is 34.3. The molecule has 0 aliphatic heterocycles. The van der Waals surface area contributed by atoms with E-state index < -0.39 is 0 Å². The second kappa shape index (κ2) is 14.3. The molecule has 3 aromatic rings. The van der Waals surface area contributed by atoms with Crippen molar-refractivity contribution in [2.75, 3.05) is 0 Å². The maximum absolute atomic E-state index is 2.22. The van der Waals surface area contributed by atoms with Crippen LogP contribution in [0.4, 0.5) is 0 Å². The average molecular weight is 345 g/mol. The van der Waals surface area contributed by atoms with Crippen molar-refractivity contribution in [3.8, 4) is 22.3 Å². The summed E-state index contributed by atoms with van der Waals surface area (Å²) >= 11 is 0. The largest absolute Gasteiger partial charge is 0.0776 e. The van der Waals surface area contributed by atoms with E-state index in [1.165, 1.54) is 33.0 Å². The van der Waals surface area contributed by atoms with Crippen molar-refractivity contribution in [3.63, 3.8) is 0 Å². The van der Waals surface area contributed by atoms with Gasteiger partial charge in [-0.2, -0.15) is 0 Å². The zero-order valence-corrected chi connectivity index (χ0v) is 10.8. The molecule has 0 amide bonds. The molecule has 1 aliphatic rings. The van der Waals surface area contributed by atoms with E-state index in [1.807, 2.05) is 13.8 Å². The normalized spacial score (nSPS) is 7.76. The molecule has 0 atom stereocenters. The van der Waals surface area contributed by atoms with Gasteiger partial charge in [-0.25, -0.2) is 0 Å². The van der Waals surface area contributed by atoms with Crippen LogP contribution in [0.1, 0.15) is 65.8 Å². The van der Waals surface area contributed by atoms with Gasteiger partial charge in [-0.05, 0) is 33.0 Å². The molecule has 25 heavy (non-hydrogen) atoms. The third-order valence-corrected chi connectivity index (χ3v) is 3.41. The van der Waals surface area contributed by atoms with E-state index in [1.54, 1.807) is 0 Å². The molecular formula is C25H44. The third-order valence-electron chi connectivity index (χ3n) is 3.41. The molecule has 0 N–H and O–H groups in total. The van der Waals surface area contributed by atoms with Gasteiger partial charge in [-0.3, -0.25) is 0 Å². The minimum absolute atomic E-state index is 0. The fourth-order valence-corrected chi connectivity index (χ4v) is 2.74. The van der Waals surface area contributed by atoms with Crippen molar-refractivity contribution in [2.45, 2.75) is 65.8 Å². The van der Waals surface area contributed by atoms with Crippen LogP contribution in [0.3, 0.4) is 0 Å². The van der Waals surface area contributed by atoms with Crippen molar-refractivity contribution in [3.05, 3.63) is 60.7 Å². The van der Waals surface area contributed by atoms with Gasteiger partial charge in [0.05, 0.1) is 0 Å². The van der Waals surface area contributed by atoms with Crippen molar-refractivity contribution >= 4 is 10.8 Å². The smallest absolute Gasteiger partial charge is 0.00264 e. The molecule has 0 fully saturated rings. The molecule has 0 spiro atoms. The number of hydrogen-bond donors (Lipinski definition) is 0. The Morgan fingerprint density at radius 2 is 0.720 bits per heavy atom. The van der Waals surface area contributed by atoms with Crippen molar-refractivity contribution in [1.82, 2.24) is 0 Å². The Labute approximate surface area is 159 Å². The maximum atomic E-state index is 2.22. The Bertz CT molecular complexity index is 650. The van der Waals surface area contributed by atoms with E-state index in [-0.39, 0.29) is 52.0 Å². The molecule has 3 aromatic carbocycles. The van der Waals surface area contributed by atoms with Crippen LogP contribution in [0.5, 0.6) is 0 Å². The van der Waals surface area contributed by atoms with Crippen LogP contribution >= 0.6 is 0 Å². The molecule has 0 radical (unpaired) electrons. The molecule has 0 aromatic heterocycles. The second-order valence-corrected chi connectivity index (χ2v) is 4.25. The van der Waals surface area contributed by atoms with Gasteiger partial charge in [0, 0.05) is 0 Å². The Balaban J connectivity index is -0.000000144. The molecule has 144 valence electrons. The molecule has 1 aliphatic carbocycles. The van der Waals surface area contributed by atoms with Crippen LogP contribution < -0.4 is 0 Å². The van der Waals surface area contributed by atoms with Gasteiger partial charge in [0.2, 0.25) is 0 Å². The highest BCUT2D eigenvalue weighted by Crippen LogP contribution is 2.46. The molecule has 0 heteroatoms. The SMILES string of the molecule is C.C.C.C.C.C.C.CC.c1ccc2c(c1)-c1cccc3cccc-2c13. The van der Waals surface area contributed by atoms with Crippen LogP contribution in [-0.2, 0) is 0 Å². The van der Waals surface area contributed by atoms with Crippen molar-refractivity contribution < 1.29 is 0 Å². The summed E-state index contributed by atoms with van der Waals surface area (Å²) in [7, 11) is 0. The summed E-state index contributed by atoms with van der Waals surface area (Å²) in [6, 6.07) is 21.8.